The molecule has 0 radical (unpaired) electrons. The van der Waals surface area contributed by atoms with E-state index in [0.717, 1.165) is 37.2 Å². The largest absolute Gasteiger partial charge is 0.367 e. The maximum atomic E-state index is 11.6. The average molecular weight is 290 g/mol. The molecule has 0 aromatic carbocycles. The van der Waals surface area contributed by atoms with Gasteiger partial charge in [0.2, 0.25) is 5.91 Å². The van der Waals surface area contributed by atoms with Crippen LogP contribution in [-0.2, 0) is 10.2 Å². The fraction of sp³-hybridized carbons (Fsp3) is 0.688. The Hall–Kier alpha value is -1.65. The summed E-state index contributed by atoms with van der Waals surface area (Å²) in [6, 6.07) is 2.43. The standard InChI is InChI=1S/C16H26N4O/c1-16(2,3)13-9-14(19-10-18-13)20-12-7-5-11(6-8-12)15(21)17-4/h9-12H,5-8H2,1-4H3,(H,17,21)(H,18,19,20)/t11-,12-. The van der Waals surface area contributed by atoms with Crippen molar-refractivity contribution in [1.82, 2.24) is 15.3 Å². The smallest absolute Gasteiger partial charge is 0.222 e. The Balaban J connectivity index is 1.93. The van der Waals surface area contributed by atoms with E-state index in [1.165, 1.54) is 0 Å². The lowest BCUT2D eigenvalue weighted by Crippen LogP contribution is -2.34. The molecule has 0 unspecified atom stereocenters. The number of anilines is 1. The molecule has 5 nitrogen and oxygen atoms in total. The van der Waals surface area contributed by atoms with Crippen LogP contribution >= 0.6 is 0 Å². The second kappa shape index (κ2) is 6.41. The fourth-order valence-electron chi connectivity index (χ4n) is 2.76. The number of carbonyl (C=O) groups excluding carboxylic acids is 1. The van der Waals surface area contributed by atoms with Gasteiger partial charge in [-0.15, -0.1) is 0 Å². The molecule has 0 aliphatic heterocycles. The van der Waals surface area contributed by atoms with Crippen molar-refractivity contribution in [2.45, 2.75) is 57.9 Å². The Morgan fingerprint density at radius 3 is 2.43 bits per heavy atom. The molecule has 1 aliphatic rings. The van der Waals surface area contributed by atoms with Gasteiger partial charge < -0.3 is 10.6 Å². The van der Waals surface area contributed by atoms with Gasteiger partial charge in [0.15, 0.2) is 0 Å². The van der Waals surface area contributed by atoms with Crippen molar-refractivity contribution in [2.75, 3.05) is 12.4 Å². The number of nitrogens with one attached hydrogen (secondary N) is 2. The van der Waals surface area contributed by atoms with E-state index < -0.39 is 0 Å². The Kier molecular flexibility index (Phi) is 4.80. The van der Waals surface area contributed by atoms with Gasteiger partial charge in [0.25, 0.3) is 0 Å². The fourth-order valence-corrected chi connectivity index (χ4v) is 2.76. The van der Waals surface area contributed by atoms with E-state index in [-0.39, 0.29) is 17.2 Å². The topological polar surface area (TPSA) is 66.9 Å². The molecule has 0 atom stereocenters. The summed E-state index contributed by atoms with van der Waals surface area (Å²) >= 11 is 0. The molecule has 2 rings (SSSR count). The van der Waals surface area contributed by atoms with Crippen LogP contribution in [0.15, 0.2) is 12.4 Å². The predicted octanol–water partition coefficient (Wildman–Crippen LogP) is 2.49. The van der Waals surface area contributed by atoms with Crippen molar-refractivity contribution < 1.29 is 4.79 Å². The maximum absolute atomic E-state index is 11.6. The van der Waals surface area contributed by atoms with E-state index in [2.05, 4.69) is 41.4 Å². The van der Waals surface area contributed by atoms with Gasteiger partial charge in [-0.05, 0) is 25.7 Å². The first kappa shape index (κ1) is 15.7. The number of amides is 1. The van der Waals surface area contributed by atoms with Gasteiger partial charge in [-0.25, -0.2) is 9.97 Å². The molecule has 5 heteroatoms. The Morgan fingerprint density at radius 1 is 1.19 bits per heavy atom. The van der Waals surface area contributed by atoms with Crippen molar-refractivity contribution in [1.29, 1.82) is 0 Å². The Labute approximate surface area is 127 Å². The quantitative estimate of drug-likeness (QED) is 0.897. The summed E-state index contributed by atoms with van der Waals surface area (Å²) in [6.07, 6.45) is 5.52. The highest BCUT2D eigenvalue weighted by atomic mass is 16.1. The summed E-state index contributed by atoms with van der Waals surface area (Å²) in [5.74, 6) is 1.23. The molecule has 2 N–H and O–H groups in total. The molecule has 0 saturated heterocycles. The summed E-state index contributed by atoms with van der Waals surface area (Å²) in [4.78, 5) is 20.3. The summed E-state index contributed by atoms with van der Waals surface area (Å²) in [5, 5.41) is 6.23. The molecule has 0 spiro atoms. The third-order valence-corrected chi connectivity index (χ3v) is 4.13. The number of hydrogen-bond acceptors (Lipinski definition) is 4. The third kappa shape index (κ3) is 4.16. The van der Waals surface area contributed by atoms with Crippen LogP contribution in [0.4, 0.5) is 5.82 Å². The van der Waals surface area contributed by atoms with Gasteiger partial charge >= 0.3 is 0 Å². The SMILES string of the molecule is CNC(=O)[C@H]1CC[C@H](Nc2cc(C(C)(C)C)ncn2)CC1. The molecule has 1 amide bonds. The van der Waals surface area contributed by atoms with Crippen LogP contribution in [0.3, 0.4) is 0 Å². The van der Waals surface area contributed by atoms with Crippen LogP contribution in [0.5, 0.6) is 0 Å². The Morgan fingerprint density at radius 2 is 1.86 bits per heavy atom. The lowest BCUT2D eigenvalue weighted by molar-refractivity contribution is -0.125. The minimum atomic E-state index is 0.0241. The molecule has 1 fully saturated rings. The van der Waals surface area contributed by atoms with Crippen LogP contribution in [-0.4, -0.2) is 29.0 Å². The third-order valence-electron chi connectivity index (χ3n) is 4.13. The summed E-state index contributed by atoms with van der Waals surface area (Å²) < 4.78 is 0. The lowest BCUT2D eigenvalue weighted by atomic mass is 9.85. The second-order valence-corrected chi connectivity index (χ2v) is 6.85. The van der Waals surface area contributed by atoms with Crippen LogP contribution < -0.4 is 10.6 Å². The van der Waals surface area contributed by atoms with Crippen LogP contribution in [0, 0.1) is 5.92 Å². The van der Waals surface area contributed by atoms with Crippen molar-refractivity contribution >= 4 is 11.7 Å². The summed E-state index contributed by atoms with van der Waals surface area (Å²) in [7, 11) is 1.71. The van der Waals surface area contributed by atoms with E-state index >= 15 is 0 Å². The normalized spacial score (nSPS) is 22.7. The first-order valence-electron chi connectivity index (χ1n) is 7.71. The number of rotatable bonds is 3. The molecule has 1 aromatic heterocycles. The average Bonchev–Trinajstić information content (AvgIpc) is 2.47. The van der Waals surface area contributed by atoms with E-state index in [0.29, 0.717) is 6.04 Å². The zero-order valence-electron chi connectivity index (χ0n) is 13.4. The minimum Gasteiger partial charge on any atom is -0.367 e. The maximum Gasteiger partial charge on any atom is 0.222 e. The number of carbonyl (C=O) groups is 1. The van der Waals surface area contributed by atoms with Gasteiger partial charge in [0, 0.05) is 30.5 Å². The zero-order chi connectivity index (χ0) is 15.5. The van der Waals surface area contributed by atoms with Crippen molar-refractivity contribution in [3.05, 3.63) is 18.1 Å². The van der Waals surface area contributed by atoms with Crippen LogP contribution in [0.25, 0.3) is 0 Å². The molecule has 1 aliphatic carbocycles. The molecule has 0 bridgehead atoms. The highest BCUT2D eigenvalue weighted by Gasteiger charge is 2.26. The molecular formula is C16H26N4O. The van der Waals surface area contributed by atoms with Crippen molar-refractivity contribution in [3.8, 4) is 0 Å². The monoisotopic (exact) mass is 290 g/mol. The molecule has 116 valence electrons. The number of hydrogen-bond donors (Lipinski definition) is 2. The van der Waals surface area contributed by atoms with Gasteiger partial charge in [0.1, 0.15) is 12.1 Å². The first-order chi connectivity index (χ1) is 9.90. The highest BCUT2D eigenvalue weighted by molar-refractivity contribution is 5.78. The molecule has 1 heterocycles. The van der Waals surface area contributed by atoms with Crippen molar-refractivity contribution in [2.24, 2.45) is 5.92 Å². The minimum absolute atomic E-state index is 0.0241. The van der Waals surface area contributed by atoms with E-state index in [9.17, 15) is 4.79 Å². The molecule has 1 aromatic rings. The lowest BCUT2D eigenvalue weighted by Gasteiger charge is -2.28. The van der Waals surface area contributed by atoms with Gasteiger partial charge in [-0.3, -0.25) is 4.79 Å². The second-order valence-electron chi connectivity index (χ2n) is 6.85. The first-order valence-corrected chi connectivity index (χ1v) is 7.71. The van der Waals surface area contributed by atoms with E-state index in [1.54, 1.807) is 13.4 Å². The highest BCUT2D eigenvalue weighted by Crippen LogP contribution is 2.27. The van der Waals surface area contributed by atoms with Crippen molar-refractivity contribution in [3.63, 3.8) is 0 Å². The molecule has 21 heavy (non-hydrogen) atoms. The van der Waals surface area contributed by atoms with E-state index in [1.807, 2.05) is 6.07 Å². The van der Waals surface area contributed by atoms with Gasteiger partial charge in [-0.2, -0.15) is 0 Å². The Bertz CT molecular complexity index is 487. The zero-order valence-corrected chi connectivity index (χ0v) is 13.4. The molecular weight excluding hydrogens is 264 g/mol. The van der Waals surface area contributed by atoms with Crippen LogP contribution in [0.1, 0.15) is 52.1 Å². The summed E-state index contributed by atoms with van der Waals surface area (Å²) in [5.41, 5.74) is 1.06. The predicted molar refractivity (Wildman–Crippen MR) is 84.2 cm³/mol. The molecule has 1 saturated carbocycles. The summed E-state index contributed by atoms with van der Waals surface area (Å²) in [6.45, 7) is 6.44. The van der Waals surface area contributed by atoms with E-state index in [4.69, 9.17) is 0 Å². The number of aromatic nitrogens is 2. The van der Waals surface area contributed by atoms with Crippen LogP contribution in [0.2, 0.25) is 0 Å². The van der Waals surface area contributed by atoms with Gasteiger partial charge in [-0.1, -0.05) is 20.8 Å². The number of nitrogens with zero attached hydrogens (tertiary/aromatic N) is 2. The van der Waals surface area contributed by atoms with Gasteiger partial charge in [0.05, 0.1) is 5.69 Å².